The summed E-state index contributed by atoms with van der Waals surface area (Å²) in [6.07, 6.45) is 0.544. The zero-order valence-corrected chi connectivity index (χ0v) is 25.8. The number of carbonyl (C=O) groups is 3. The number of ether oxygens (including phenoxy) is 1. The van der Waals surface area contributed by atoms with E-state index >= 15 is 4.39 Å². The number of hydrogen-bond acceptors (Lipinski definition) is 5. The van der Waals surface area contributed by atoms with Crippen molar-refractivity contribution in [2.75, 3.05) is 30.4 Å². The van der Waals surface area contributed by atoms with Crippen LogP contribution in [0.2, 0.25) is 10.0 Å². The van der Waals surface area contributed by atoms with Crippen molar-refractivity contribution in [2.45, 2.75) is 44.7 Å². The van der Waals surface area contributed by atoms with Crippen molar-refractivity contribution in [2.24, 2.45) is 11.3 Å². The van der Waals surface area contributed by atoms with Gasteiger partial charge in [-0.2, -0.15) is 0 Å². The van der Waals surface area contributed by atoms with Crippen LogP contribution in [0.4, 0.5) is 15.8 Å². The van der Waals surface area contributed by atoms with Crippen LogP contribution in [0.15, 0.2) is 60.7 Å². The summed E-state index contributed by atoms with van der Waals surface area (Å²) in [6, 6.07) is 16.2. The van der Waals surface area contributed by atoms with Gasteiger partial charge in [0.25, 0.3) is 0 Å². The van der Waals surface area contributed by atoms with E-state index in [1.165, 1.54) is 13.2 Å². The topological polar surface area (TPSA) is 78.9 Å². The second-order valence-electron chi connectivity index (χ2n) is 12.6. The molecule has 1 N–H and O–H groups in total. The molecule has 0 radical (unpaired) electrons. The third-order valence-electron chi connectivity index (χ3n) is 8.82. The lowest BCUT2D eigenvalue weighted by atomic mass is 9.70. The Bertz CT molecular complexity index is 1640. The second-order valence-corrected chi connectivity index (χ2v) is 13.5. The molecule has 2 amide bonds. The molecule has 3 aromatic rings. The second kappa shape index (κ2) is 10.6. The van der Waals surface area contributed by atoms with Crippen LogP contribution in [0.1, 0.15) is 54.6 Å². The van der Waals surface area contributed by atoms with Gasteiger partial charge < -0.3 is 15.0 Å². The Kier molecular flexibility index (Phi) is 7.31. The summed E-state index contributed by atoms with van der Waals surface area (Å²) in [4.78, 5) is 45.0. The van der Waals surface area contributed by atoms with E-state index in [1.807, 2.05) is 6.07 Å². The van der Waals surface area contributed by atoms with Crippen molar-refractivity contribution in [1.82, 2.24) is 4.90 Å². The number of nitrogens with zero attached hydrogens (tertiary/aromatic N) is 2. The zero-order chi connectivity index (χ0) is 30.8. The highest BCUT2D eigenvalue weighted by atomic mass is 35.5. The van der Waals surface area contributed by atoms with E-state index in [4.69, 9.17) is 27.9 Å². The van der Waals surface area contributed by atoms with Gasteiger partial charge in [0.1, 0.15) is 11.4 Å². The molecule has 4 atom stereocenters. The number of piperidine rings is 1. The highest BCUT2D eigenvalue weighted by molar-refractivity contribution is 6.31. The molecule has 1 spiro atoms. The maximum atomic E-state index is 16.1. The molecule has 2 fully saturated rings. The Hall–Kier alpha value is -3.46. The number of anilines is 2. The molecule has 0 aromatic heterocycles. The van der Waals surface area contributed by atoms with Crippen LogP contribution in [0.3, 0.4) is 0 Å². The summed E-state index contributed by atoms with van der Waals surface area (Å²) in [7, 11) is 1.31. The van der Waals surface area contributed by atoms with Crippen LogP contribution in [-0.2, 0) is 19.9 Å². The highest BCUT2D eigenvalue weighted by Crippen LogP contribution is 2.62. The van der Waals surface area contributed by atoms with E-state index in [2.05, 4.69) is 31.0 Å². The summed E-state index contributed by atoms with van der Waals surface area (Å²) in [6.45, 7) is 7.10. The van der Waals surface area contributed by atoms with E-state index in [-0.39, 0.29) is 33.9 Å². The highest BCUT2D eigenvalue weighted by Gasteiger charge is 2.70. The molecular weight excluding hydrogens is 592 g/mol. The standard InChI is InChI=1S/C33H32Cl2FN3O4/c1-32(2,3)17-39-25-14-15-38(20-11-8-18(9-12-20)30(41)43-4)29(40)26(25)27(21-6-5-7-23(35)28(21)36)33(39)22-13-10-19(34)16-24(22)37-31(33)42/h5-13,16,25-27H,14-15,17H2,1-4H3,(H,37,42)/t25-,26+,27-,33+/m0/s1. The van der Waals surface area contributed by atoms with Gasteiger partial charge in [-0.05, 0) is 59.9 Å². The maximum absolute atomic E-state index is 16.1. The number of methoxy groups -OCH3 is 1. The largest absolute Gasteiger partial charge is 0.465 e. The molecule has 0 bridgehead atoms. The summed E-state index contributed by atoms with van der Waals surface area (Å²) in [5, 5.41) is 3.40. The van der Waals surface area contributed by atoms with E-state index in [9.17, 15) is 14.4 Å². The first-order valence-electron chi connectivity index (χ1n) is 14.2. The number of rotatable bonds is 4. The third-order valence-corrected chi connectivity index (χ3v) is 9.35. The van der Waals surface area contributed by atoms with E-state index < -0.39 is 29.2 Å². The number of hydrogen-bond donors (Lipinski definition) is 1. The first-order chi connectivity index (χ1) is 20.4. The molecule has 7 nitrogen and oxygen atoms in total. The monoisotopic (exact) mass is 623 g/mol. The van der Waals surface area contributed by atoms with Gasteiger partial charge >= 0.3 is 5.97 Å². The van der Waals surface area contributed by atoms with E-state index in [0.29, 0.717) is 47.0 Å². The lowest BCUT2D eigenvalue weighted by Crippen LogP contribution is -2.55. The summed E-state index contributed by atoms with van der Waals surface area (Å²) < 4.78 is 20.9. The molecule has 3 aromatic carbocycles. The number of benzene rings is 3. The summed E-state index contributed by atoms with van der Waals surface area (Å²) in [5.41, 5.74) is 0.729. The molecule has 3 aliphatic rings. The third kappa shape index (κ3) is 4.62. The van der Waals surface area contributed by atoms with Crippen molar-refractivity contribution >= 4 is 52.4 Å². The van der Waals surface area contributed by atoms with Crippen molar-refractivity contribution in [3.63, 3.8) is 0 Å². The van der Waals surface area contributed by atoms with Gasteiger partial charge in [0.05, 0.1) is 23.6 Å². The molecular formula is C33H32Cl2FN3O4. The molecule has 2 saturated heterocycles. The van der Waals surface area contributed by atoms with Crippen LogP contribution in [-0.4, -0.2) is 48.9 Å². The van der Waals surface area contributed by atoms with Crippen LogP contribution >= 0.6 is 23.2 Å². The van der Waals surface area contributed by atoms with E-state index in [1.54, 1.807) is 53.4 Å². The summed E-state index contributed by atoms with van der Waals surface area (Å²) >= 11 is 12.7. The average molecular weight is 625 g/mol. The van der Waals surface area contributed by atoms with Gasteiger partial charge in [-0.15, -0.1) is 0 Å². The Labute approximate surface area is 259 Å². The van der Waals surface area contributed by atoms with Gasteiger partial charge in [-0.3, -0.25) is 14.5 Å². The minimum Gasteiger partial charge on any atom is -0.465 e. The van der Waals surface area contributed by atoms with Gasteiger partial charge in [-0.1, -0.05) is 62.2 Å². The molecule has 3 aliphatic heterocycles. The lowest BCUT2D eigenvalue weighted by molar-refractivity contribution is -0.128. The molecule has 43 heavy (non-hydrogen) atoms. The van der Waals surface area contributed by atoms with Gasteiger partial charge in [0.15, 0.2) is 0 Å². The molecule has 0 aliphatic carbocycles. The van der Waals surface area contributed by atoms with E-state index in [0.717, 1.165) is 0 Å². The smallest absolute Gasteiger partial charge is 0.337 e. The predicted octanol–water partition coefficient (Wildman–Crippen LogP) is 6.63. The molecule has 224 valence electrons. The first kappa shape index (κ1) is 29.6. The number of nitrogens with one attached hydrogen (secondary N) is 1. The lowest BCUT2D eigenvalue weighted by Gasteiger charge is -2.43. The molecule has 0 unspecified atom stereocenters. The Balaban J connectivity index is 1.57. The molecule has 10 heteroatoms. The number of fused-ring (bicyclic) bond motifs is 3. The molecule has 6 rings (SSSR count). The maximum Gasteiger partial charge on any atom is 0.337 e. The number of carbonyl (C=O) groups excluding carboxylic acids is 3. The van der Waals surface area contributed by atoms with Crippen LogP contribution in [0, 0.1) is 17.2 Å². The van der Waals surface area contributed by atoms with Gasteiger partial charge in [0.2, 0.25) is 11.8 Å². The zero-order valence-electron chi connectivity index (χ0n) is 24.3. The normalized spacial score (nSPS) is 25.1. The van der Waals surface area contributed by atoms with Crippen LogP contribution in [0.5, 0.6) is 0 Å². The number of halogens is 3. The number of likely N-dealkylation sites (tertiary alicyclic amines) is 1. The van der Waals surface area contributed by atoms with Gasteiger partial charge in [0, 0.05) is 47.0 Å². The summed E-state index contributed by atoms with van der Waals surface area (Å²) in [5.74, 6) is -3.35. The minimum absolute atomic E-state index is 0.0771. The average Bonchev–Trinajstić information content (AvgIpc) is 3.40. The first-order valence-corrected chi connectivity index (χ1v) is 15.0. The van der Waals surface area contributed by atoms with Crippen molar-refractivity contribution in [3.05, 3.63) is 93.2 Å². The fraction of sp³-hybridized carbons (Fsp3) is 0.364. The van der Waals surface area contributed by atoms with Crippen LogP contribution in [0.25, 0.3) is 0 Å². The Morgan fingerprint density at radius 3 is 2.49 bits per heavy atom. The minimum atomic E-state index is -1.39. The Morgan fingerprint density at radius 1 is 1.09 bits per heavy atom. The van der Waals surface area contributed by atoms with Crippen molar-refractivity contribution in [3.8, 4) is 0 Å². The Morgan fingerprint density at radius 2 is 1.81 bits per heavy atom. The number of amides is 2. The SMILES string of the molecule is COC(=O)c1ccc(N2CC[C@H]3[C@@H](C2=O)[C@H](c2cccc(Cl)c2F)[C@]2(C(=O)Nc4cc(Cl)ccc42)N3CC(C)(C)C)cc1. The molecule has 3 heterocycles. The van der Waals surface area contributed by atoms with Gasteiger partial charge in [-0.25, -0.2) is 9.18 Å². The fourth-order valence-corrected chi connectivity index (χ4v) is 7.63. The van der Waals surface area contributed by atoms with Crippen molar-refractivity contribution < 1.29 is 23.5 Å². The number of esters is 1. The predicted molar refractivity (Wildman–Crippen MR) is 164 cm³/mol. The molecule has 0 saturated carbocycles. The fourth-order valence-electron chi connectivity index (χ4n) is 7.28. The van der Waals surface area contributed by atoms with Crippen LogP contribution < -0.4 is 10.2 Å². The quantitative estimate of drug-likeness (QED) is 0.330. The van der Waals surface area contributed by atoms with Crippen molar-refractivity contribution in [1.29, 1.82) is 0 Å².